The molecule has 13 heteroatoms. The van der Waals surface area contributed by atoms with Crippen LogP contribution in [0.5, 0.6) is 5.88 Å². The molecule has 178 valence electrons. The van der Waals surface area contributed by atoms with Gasteiger partial charge < -0.3 is 9.26 Å². The third-order valence-corrected chi connectivity index (χ3v) is 7.21. The fraction of sp³-hybridized carbons (Fsp3) is 0.333. The molecule has 4 aromatic heterocycles. The molecule has 4 heterocycles. The lowest BCUT2D eigenvalue weighted by molar-refractivity contribution is 0.398. The van der Waals surface area contributed by atoms with E-state index in [0.29, 0.717) is 28.9 Å². The SMILES string of the molecule is COc1cccc(-c2nnc(NS(=O)(=O)[C@@H](C)[C@H](C)c3ncc(C)cn3)n2Cc2ccon2)n1. The molecule has 0 bridgehead atoms. The van der Waals surface area contributed by atoms with Crippen LogP contribution in [-0.2, 0) is 16.6 Å². The number of aryl methyl sites for hydroxylation is 1. The molecule has 2 atom stereocenters. The normalized spacial score (nSPS) is 13.4. The van der Waals surface area contributed by atoms with E-state index in [1.54, 1.807) is 55.1 Å². The van der Waals surface area contributed by atoms with Crippen molar-refractivity contribution in [3.05, 3.63) is 60.0 Å². The van der Waals surface area contributed by atoms with Crippen LogP contribution in [0.15, 0.2) is 47.4 Å². The molecular weight excluding hydrogens is 460 g/mol. The van der Waals surface area contributed by atoms with Gasteiger partial charge in [0.15, 0.2) is 5.82 Å². The summed E-state index contributed by atoms with van der Waals surface area (Å²) in [7, 11) is -2.39. The Labute approximate surface area is 196 Å². The van der Waals surface area contributed by atoms with E-state index >= 15 is 0 Å². The summed E-state index contributed by atoms with van der Waals surface area (Å²) in [5.41, 5.74) is 1.90. The smallest absolute Gasteiger partial charge is 0.238 e. The standard InChI is InChI=1S/C21H24N8O4S/c1-13-10-22-19(23-11-13)14(2)15(3)34(30,31)28-21-26-25-20(17-6-5-7-18(24-17)32-4)29(21)12-16-8-9-33-27-16/h5-11,14-15H,12H2,1-4H3,(H,26,28)/t14-,15-/m0/s1. The Morgan fingerprint density at radius 2 is 1.91 bits per heavy atom. The van der Waals surface area contributed by atoms with Crippen LogP contribution >= 0.6 is 0 Å². The summed E-state index contributed by atoms with van der Waals surface area (Å²) in [5.74, 6) is 0.711. The lowest BCUT2D eigenvalue weighted by atomic mass is 10.1. The number of aromatic nitrogens is 7. The Bertz CT molecular complexity index is 1350. The van der Waals surface area contributed by atoms with E-state index in [-0.39, 0.29) is 12.5 Å². The van der Waals surface area contributed by atoms with Crippen LogP contribution in [0.3, 0.4) is 0 Å². The van der Waals surface area contributed by atoms with E-state index in [2.05, 4.69) is 35.0 Å². The van der Waals surface area contributed by atoms with E-state index in [9.17, 15) is 8.42 Å². The monoisotopic (exact) mass is 484 g/mol. The second-order valence-electron chi connectivity index (χ2n) is 7.75. The van der Waals surface area contributed by atoms with Gasteiger partial charge in [0.05, 0.1) is 18.9 Å². The Morgan fingerprint density at radius 1 is 1.15 bits per heavy atom. The first-order chi connectivity index (χ1) is 16.3. The summed E-state index contributed by atoms with van der Waals surface area (Å²) in [6, 6.07) is 6.84. The maximum Gasteiger partial charge on any atom is 0.238 e. The summed E-state index contributed by atoms with van der Waals surface area (Å²) in [6.07, 6.45) is 4.75. The second kappa shape index (κ2) is 9.55. The Morgan fingerprint density at radius 3 is 2.59 bits per heavy atom. The quantitative estimate of drug-likeness (QED) is 0.375. The number of hydrogen-bond acceptors (Lipinski definition) is 10. The zero-order valence-electron chi connectivity index (χ0n) is 19.1. The largest absolute Gasteiger partial charge is 0.481 e. The van der Waals surface area contributed by atoms with Gasteiger partial charge in [-0.15, -0.1) is 10.2 Å². The van der Waals surface area contributed by atoms with Gasteiger partial charge in [-0.25, -0.2) is 23.4 Å². The van der Waals surface area contributed by atoms with Crippen molar-refractivity contribution in [2.45, 2.75) is 38.5 Å². The van der Waals surface area contributed by atoms with Crippen LogP contribution in [-0.4, -0.2) is 55.7 Å². The molecule has 0 unspecified atom stereocenters. The van der Waals surface area contributed by atoms with Crippen LogP contribution in [0.25, 0.3) is 11.5 Å². The van der Waals surface area contributed by atoms with E-state index < -0.39 is 21.2 Å². The molecule has 0 amide bonds. The molecular formula is C21H24N8O4S. The van der Waals surface area contributed by atoms with Crippen LogP contribution < -0.4 is 9.46 Å². The topological polar surface area (TPSA) is 151 Å². The molecule has 0 spiro atoms. The molecule has 0 aliphatic heterocycles. The number of rotatable bonds is 9. The number of ether oxygens (including phenoxy) is 1. The maximum atomic E-state index is 13.3. The van der Waals surface area contributed by atoms with Gasteiger partial charge in [0.2, 0.25) is 21.9 Å². The summed E-state index contributed by atoms with van der Waals surface area (Å²) in [5, 5.41) is 11.3. The molecule has 0 aromatic carbocycles. The maximum absolute atomic E-state index is 13.3. The lowest BCUT2D eigenvalue weighted by Gasteiger charge is -2.20. The molecule has 0 aliphatic rings. The predicted molar refractivity (Wildman–Crippen MR) is 123 cm³/mol. The van der Waals surface area contributed by atoms with Gasteiger partial charge in [0.25, 0.3) is 0 Å². The van der Waals surface area contributed by atoms with Crippen molar-refractivity contribution in [2.24, 2.45) is 0 Å². The highest BCUT2D eigenvalue weighted by molar-refractivity contribution is 7.93. The number of sulfonamides is 1. The molecule has 0 fully saturated rings. The molecule has 4 aromatic rings. The fourth-order valence-electron chi connectivity index (χ4n) is 3.19. The highest BCUT2D eigenvalue weighted by atomic mass is 32.2. The fourth-order valence-corrected chi connectivity index (χ4v) is 4.44. The van der Waals surface area contributed by atoms with Crippen LogP contribution in [0.2, 0.25) is 0 Å². The van der Waals surface area contributed by atoms with Crippen molar-refractivity contribution in [3.63, 3.8) is 0 Å². The van der Waals surface area contributed by atoms with Crippen LogP contribution in [0.4, 0.5) is 5.95 Å². The zero-order valence-corrected chi connectivity index (χ0v) is 19.9. The molecule has 12 nitrogen and oxygen atoms in total. The number of nitrogens with one attached hydrogen (secondary N) is 1. The van der Waals surface area contributed by atoms with Crippen molar-refractivity contribution in [1.29, 1.82) is 0 Å². The lowest BCUT2D eigenvalue weighted by Crippen LogP contribution is -2.31. The first-order valence-electron chi connectivity index (χ1n) is 10.4. The summed E-state index contributed by atoms with van der Waals surface area (Å²) >= 11 is 0. The minimum absolute atomic E-state index is 0.0199. The first kappa shape index (κ1) is 23.3. The van der Waals surface area contributed by atoms with Crippen molar-refractivity contribution in [3.8, 4) is 17.4 Å². The van der Waals surface area contributed by atoms with Crippen molar-refractivity contribution >= 4 is 16.0 Å². The van der Waals surface area contributed by atoms with E-state index in [0.717, 1.165) is 5.56 Å². The van der Waals surface area contributed by atoms with Crippen molar-refractivity contribution in [2.75, 3.05) is 11.8 Å². The molecule has 0 aliphatic carbocycles. The third kappa shape index (κ3) is 4.88. The number of hydrogen-bond donors (Lipinski definition) is 1. The summed E-state index contributed by atoms with van der Waals surface area (Å²) in [6.45, 7) is 5.38. The van der Waals surface area contributed by atoms with Crippen LogP contribution in [0, 0.1) is 6.92 Å². The van der Waals surface area contributed by atoms with E-state index in [1.807, 2.05) is 6.92 Å². The van der Waals surface area contributed by atoms with Crippen molar-refractivity contribution < 1.29 is 17.7 Å². The van der Waals surface area contributed by atoms with Gasteiger partial charge >= 0.3 is 0 Å². The first-order valence-corrected chi connectivity index (χ1v) is 12.0. The molecule has 1 N–H and O–H groups in total. The number of anilines is 1. The number of nitrogens with zero attached hydrogens (tertiary/aromatic N) is 7. The van der Waals surface area contributed by atoms with E-state index in [4.69, 9.17) is 9.26 Å². The Hall–Kier alpha value is -3.87. The molecule has 4 rings (SSSR count). The highest BCUT2D eigenvalue weighted by Gasteiger charge is 2.31. The molecule has 34 heavy (non-hydrogen) atoms. The molecule has 0 saturated heterocycles. The van der Waals surface area contributed by atoms with Gasteiger partial charge in [-0.1, -0.05) is 18.1 Å². The Balaban J connectivity index is 1.67. The minimum atomic E-state index is -3.90. The molecule has 0 radical (unpaired) electrons. The number of methoxy groups -OCH3 is 1. The summed E-state index contributed by atoms with van der Waals surface area (Å²) < 4.78 is 40.8. The van der Waals surface area contributed by atoms with Gasteiger partial charge in [0, 0.05) is 30.4 Å². The van der Waals surface area contributed by atoms with Crippen LogP contribution in [0.1, 0.15) is 36.8 Å². The van der Waals surface area contributed by atoms with Gasteiger partial charge in [-0.2, -0.15) is 0 Å². The minimum Gasteiger partial charge on any atom is -0.481 e. The predicted octanol–water partition coefficient (Wildman–Crippen LogP) is 2.42. The highest BCUT2D eigenvalue weighted by Crippen LogP contribution is 2.26. The molecule has 0 saturated carbocycles. The van der Waals surface area contributed by atoms with E-state index in [1.165, 1.54) is 13.4 Å². The number of pyridine rings is 1. The van der Waals surface area contributed by atoms with Gasteiger partial charge in [0.1, 0.15) is 23.5 Å². The van der Waals surface area contributed by atoms with Crippen molar-refractivity contribution in [1.82, 2.24) is 34.9 Å². The zero-order chi connectivity index (χ0) is 24.3. The third-order valence-electron chi connectivity index (χ3n) is 5.36. The average Bonchev–Trinajstić information content (AvgIpc) is 3.49. The van der Waals surface area contributed by atoms with Gasteiger partial charge in [-0.3, -0.25) is 9.29 Å². The Kier molecular flexibility index (Phi) is 6.54. The van der Waals surface area contributed by atoms with Gasteiger partial charge in [-0.05, 0) is 25.5 Å². The average molecular weight is 485 g/mol. The summed E-state index contributed by atoms with van der Waals surface area (Å²) in [4.78, 5) is 12.9. The second-order valence-corrected chi connectivity index (χ2v) is 9.79.